The summed E-state index contributed by atoms with van der Waals surface area (Å²) in [5, 5.41) is 0. The lowest BCUT2D eigenvalue weighted by Gasteiger charge is -1.97. The molecule has 1 aliphatic rings. The van der Waals surface area contributed by atoms with Gasteiger partial charge in [-0.05, 0) is 18.9 Å². The maximum absolute atomic E-state index is 2.16. The lowest BCUT2D eigenvalue weighted by molar-refractivity contribution is 1.25. The number of hydrogen-bond acceptors (Lipinski definition) is 0. The highest BCUT2D eigenvalue weighted by molar-refractivity contribution is 5.28. The topological polar surface area (TPSA) is 0 Å². The molecule has 0 nitrogen and oxygen atoms in total. The molecule has 0 saturated heterocycles. The Morgan fingerprint density at radius 1 is 1.50 bits per heavy atom. The predicted octanol–water partition coefficient (Wildman–Crippen LogP) is 2.45. The number of rotatable bonds is 0. The Kier molecular flexibility index (Phi) is 1.68. The molecular formula is C8H10. The van der Waals surface area contributed by atoms with Gasteiger partial charge in [0.1, 0.15) is 0 Å². The quantitative estimate of drug-likeness (QED) is 0.445. The van der Waals surface area contributed by atoms with E-state index in [-0.39, 0.29) is 0 Å². The van der Waals surface area contributed by atoms with Crippen LogP contribution in [0.5, 0.6) is 0 Å². The summed E-state index contributed by atoms with van der Waals surface area (Å²) in [6.45, 7) is 2.07. The molecule has 0 aromatic heterocycles. The van der Waals surface area contributed by atoms with Crippen LogP contribution >= 0.6 is 0 Å². The van der Waals surface area contributed by atoms with Gasteiger partial charge in [0.15, 0.2) is 0 Å². The second-order valence-corrected chi connectivity index (χ2v) is 1.85. The SMILES string of the molecule is CC=C1C=CC=CC1. The molecule has 0 aliphatic heterocycles. The second-order valence-electron chi connectivity index (χ2n) is 1.85. The van der Waals surface area contributed by atoms with Crippen LogP contribution in [0.4, 0.5) is 0 Å². The zero-order chi connectivity index (χ0) is 5.82. The third-order valence-electron chi connectivity index (χ3n) is 1.28. The fourth-order valence-electron chi connectivity index (χ4n) is 0.744. The average molecular weight is 106 g/mol. The Morgan fingerprint density at radius 2 is 2.38 bits per heavy atom. The van der Waals surface area contributed by atoms with E-state index < -0.39 is 0 Å². The van der Waals surface area contributed by atoms with Crippen LogP contribution < -0.4 is 0 Å². The highest BCUT2D eigenvalue weighted by atomic mass is 13.9. The van der Waals surface area contributed by atoms with Crippen molar-refractivity contribution in [1.29, 1.82) is 0 Å². The van der Waals surface area contributed by atoms with E-state index >= 15 is 0 Å². The zero-order valence-electron chi connectivity index (χ0n) is 5.09. The standard InChI is InChI=1S/C8H10/c1-2-8-6-4-3-5-7-8/h2-6H,7H2,1H3. The van der Waals surface area contributed by atoms with Crippen molar-refractivity contribution in [2.24, 2.45) is 0 Å². The molecule has 1 aliphatic carbocycles. The molecule has 0 heteroatoms. The Hall–Kier alpha value is -0.780. The molecule has 0 atom stereocenters. The van der Waals surface area contributed by atoms with Crippen LogP contribution in [0.1, 0.15) is 13.3 Å². The minimum Gasteiger partial charge on any atom is -0.0841 e. The first-order valence-corrected chi connectivity index (χ1v) is 2.92. The van der Waals surface area contributed by atoms with Crippen LogP contribution in [0.2, 0.25) is 0 Å². The van der Waals surface area contributed by atoms with Gasteiger partial charge in [0.05, 0.1) is 0 Å². The number of allylic oxidation sites excluding steroid dienone is 6. The first kappa shape index (κ1) is 5.36. The van der Waals surface area contributed by atoms with Gasteiger partial charge in [0.2, 0.25) is 0 Å². The van der Waals surface area contributed by atoms with Crippen LogP contribution in [-0.4, -0.2) is 0 Å². The van der Waals surface area contributed by atoms with Crippen molar-refractivity contribution in [2.75, 3.05) is 0 Å². The van der Waals surface area contributed by atoms with Crippen molar-refractivity contribution in [3.8, 4) is 0 Å². The summed E-state index contributed by atoms with van der Waals surface area (Å²) in [6, 6.07) is 0. The minimum atomic E-state index is 1.10. The molecule has 0 saturated carbocycles. The van der Waals surface area contributed by atoms with Gasteiger partial charge >= 0.3 is 0 Å². The van der Waals surface area contributed by atoms with Gasteiger partial charge in [0.25, 0.3) is 0 Å². The maximum atomic E-state index is 2.16. The molecule has 0 bridgehead atoms. The van der Waals surface area contributed by atoms with E-state index in [1.54, 1.807) is 0 Å². The Balaban J connectivity index is 2.66. The van der Waals surface area contributed by atoms with Crippen molar-refractivity contribution in [1.82, 2.24) is 0 Å². The molecular weight excluding hydrogens is 96.1 g/mol. The molecule has 0 N–H and O–H groups in total. The monoisotopic (exact) mass is 106 g/mol. The molecule has 8 heavy (non-hydrogen) atoms. The maximum Gasteiger partial charge on any atom is -0.00976 e. The lowest BCUT2D eigenvalue weighted by Crippen LogP contribution is -1.77. The fourth-order valence-corrected chi connectivity index (χ4v) is 0.744. The average Bonchev–Trinajstić information content (AvgIpc) is 1.90. The van der Waals surface area contributed by atoms with Crippen LogP contribution in [0.15, 0.2) is 36.0 Å². The zero-order valence-corrected chi connectivity index (χ0v) is 5.09. The van der Waals surface area contributed by atoms with Gasteiger partial charge in [-0.15, -0.1) is 0 Å². The van der Waals surface area contributed by atoms with Gasteiger partial charge in [-0.1, -0.05) is 30.4 Å². The van der Waals surface area contributed by atoms with E-state index in [1.165, 1.54) is 5.57 Å². The predicted molar refractivity (Wildman–Crippen MR) is 36.7 cm³/mol. The van der Waals surface area contributed by atoms with Crippen LogP contribution in [0.3, 0.4) is 0 Å². The Morgan fingerprint density at radius 3 is 2.75 bits per heavy atom. The fraction of sp³-hybridized carbons (Fsp3) is 0.250. The summed E-state index contributed by atoms with van der Waals surface area (Å²) in [4.78, 5) is 0. The smallest absolute Gasteiger partial charge is 0.00976 e. The van der Waals surface area contributed by atoms with Crippen LogP contribution in [-0.2, 0) is 0 Å². The highest BCUT2D eigenvalue weighted by Crippen LogP contribution is 2.08. The Labute approximate surface area is 50.2 Å². The van der Waals surface area contributed by atoms with Gasteiger partial charge < -0.3 is 0 Å². The van der Waals surface area contributed by atoms with E-state index in [1.807, 2.05) is 0 Å². The first-order chi connectivity index (χ1) is 3.93. The Bertz CT molecular complexity index is 147. The molecule has 0 unspecified atom stereocenters. The third kappa shape index (κ3) is 1.09. The largest absolute Gasteiger partial charge is 0.0841 e. The normalized spacial score (nSPS) is 22.4. The molecule has 0 fully saturated rings. The molecule has 42 valence electrons. The van der Waals surface area contributed by atoms with E-state index in [4.69, 9.17) is 0 Å². The summed E-state index contributed by atoms with van der Waals surface area (Å²) in [7, 11) is 0. The molecule has 0 radical (unpaired) electrons. The van der Waals surface area contributed by atoms with Gasteiger partial charge in [0, 0.05) is 0 Å². The molecule has 0 amide bonds. The first-order valence-electron chi connectivity index (χ1n) is 2.92. The molecule has 0 spiro atoms. The number of hydrogen-bond donors (Lipinski definition) is 0. The van der Waals surface area contributed by atoms with Gasteiger partial charge in [-0.25, -0.2) is 0 Å². The van der Waals surface area contributed by atoms with Crippen molar-refractivity contribution < 1.29 is 0 Å². The third-order valence-corrected chi connectivity index (χ3v) is 1.28. The van der Waals surface area contributed by atoms with E-state index in [2.05, 4.69) is 37.3 Å². The second kappa shape index (κ2) is 2.51. The van der Waals surface area contributed by atoms with E-state index in [0.717, 1.165) is 6.42 Å². The van der Waals surface area contributed by atoms with Gasteiger partial charge in [-0.2, -0.15) is 0 Å². The van der Waals surface area contributed by atoms with Crippen molar-refractivity contribution in [3.63, 3.8) is 0 Å². The molecule has 0 aromatic carbocycles. The van der Waals surface area contributed by atoms with Crippen LogP contribution in [0, 0.1) is 0 Å². The van der Waals surface area contributed by atoms with E-state index in [9.17, 15) is 0 Å². The van der Waals surface area contributed by atoms with E-state index in [0.29, 0.717) is 0 Å². The molecule has 0 aromatic rings. The summed E-state index contributed by atoms with van der Waals surface area (Å²) >= 11 is 0. The van der Waals surface area contributed by atoms with Crippen molar-refractivity contribution in [3.05, 3.63) is 36.0 Å². The summed E-state index contributed by atoms with van der Waals surface area (Å²) in [6.07, 6.45) is 11.7. The van der Waals surface area contributed by atoms with Crippen molar-refractivity contribution >= 4 is 0 Å². The van der Waals surface area contributed by atoms with Crippen LogP contribution in [0.25, 0.3) is 0 Å². The minimum absolute atomic E-state index is 1.10. The van der Waals surface area contributed by atoms with Gasteiger partial charge in [-0.3, -0.25) is 0 Å². The molecule has 1 rings (SSSR count). The summed E-state index contributed by atoms with van der Waals surface area (Å²) < 4.78 is 0. The lowest BCUT2D eigenvalue weighted by atomic mass is 10.1. The molecule has 0 heterocycles. The summed E-state index contributed by atoms with van der Waals surface area (Å²) in [5.41, 5.74) is 1.41. The summed E-state index contributed by atoms with van der Waals surface area (Å²) in [5.74, 6) is 0. The highest BCUT2D eigenvalue weighted by Gasteiger charge is 1.87. The van der Waals surface area contributed by atoms with Crippen molar-refractivity contribution in [2.45, 2.75) is 13.3 Å².